The molecule has 6 nitrogen and oxygen atoms in total. The van der Waals surface area contributed by atoms with Crippen molar-refractivity contribution < 1.29 is 18.7 Å². The molecule has 0 bridgehead atoms. The molecule has 0 aliphatic rings. The number of hydrogen-bond acceptors (Lipinski definition) is 5. The molecule has 2 aromatic rings. The Morgan fingerprint density at radius 3 is 2.85 bits per heavy atom. The average Bonchev–Trinajstić information content (AvgIpc) is 2.80. The van der Waals surface area contributed by atoms with Crippen molar-refractivity contribution in [3.8, 4) is 0 Å². The summed E-state index contributed by atoms with van der Waals surface area (Å²) in [7, 11) is 0. The van der Waals surface area contributed by atoms with Crippen molar-refractivity contribution in [1.82, 2.24) is 9.78 Å². The first-order valence-corrected chi connectivity index (χ1v) is 5.85. The molecule has 20 heavy (non-hydrogen) atoms. The molecule has 0 saturated carbocycles. The number of hydrogen-bond donors (Lipinski definition) is 1. The Balaban J connectivity index is 2.35. The van der Waals surface area contributed by atoms with E-state index in [-0.39, 0.29) is 23.6 Å². The van der Waals surface area contributed by atoms with Gasteiger partial charge in [-0.25, -0.2) is 9.18 Å². The van der Waals surface area contributed by atoms with Crippen LogP contribution in [0, 0.1) is 5.82 Å². The van der Waals surface area contributed by atoms with Gasteiger partial charge in [-0.15, -0.1) is 0 Å². The van der Waals surface area contributed by atoms with Crippen LogP contribution in [0.25, 0.3) is 0 Å². The van der Waals surface area contributed by atoms with E-state index in [0.717, 1.165) is 16.9 Å². The van der Waals surface area contributed by atoms with Gasteiger partial charge in [-0.2, -0.15) is 9.78 Å². The summed E-state index contributed by atoms with van der Waals surface area (Å²) in [5.74, 6) is -1.98. The van der Waals surface area contributed by atoms with Crippen molar-refractivity contribution in [3.05, 3.63) is 47.4 Å². The summed E-state index contributed by atoms with van der Waals surface area (Å²) in [5, 5.41) is 3.74. The lowest BCUT2D eigenvalue weighted by Crippen LogP contribution is -2.17. The van der Waals surface area contributed by atoms with Gasteiger partial charge < -0.3 is 10.5 Å². The smallest absolute Gasteiger partial charge is 0.343 e. The maximum absolute atomic E-state index is 13.1. The Hall–Kier alpha value is -2.70. The van der Waals surface area contributed by atoms with Crippen LogP contribution in [-0.2, 0) is 4.74 Å². The van der Waals surface area contributed by atoms with E-state index in [4.69, 9.17) is 10.5 Å². The Morgan fingerprint density at radius 2 is 2.20 bits per heavy atom. The number of halogens is 1. The minimum atomic E-state index is -0.664. The van der Waals surface area contributed by atoms with Gasteiger partial charge >= 0.3 is 5.97 Å². The molecule has 1 aromatic carbocycles. The number of benzene rings is 1. The molecule has 1 heterocycles. The number of anilines is 1. The van der Waals surface area contributed by atoms with Gasteiger partial charge in [0.15, 0.2) is 0 Å². The lowest BCUT2D eigenvalue weighted by atomic mass is 10.2. The number of aromatic nitrogens is 2. The molecule has 0 amide bonds. The number of carbonyl (C=O) groups excluding carboxylic acids is 2. The summed E-state index contributed by atoms with van der Waals surface area (Å²) < 4.78 is 18.7. The Kier molecular flexibility index (Phi) is 3.79. The molecule has 0 aliphatic carbocycles. The van der Waals surface area contributed by atoms with E-state index < -0.39 is 17.7 Å². The minimum Gasteiger partial charge on any atom is -0.462 e. The maximum Gasteiger partial charge on any atom is 0.343 e. The van der Waals surface area contributed by atoms with E-state index in [1.807, 2.05) is 0 Å². The van der Waals surface area contributed by atoms with E-state index >= 15 is 0 Å². The third kappa shape index (κ3) is 2.51. The molecule has 1 aromatic heterocycles. The zero-order valence-electron chi connectivity index (χ0n) is 10.7. The van der Waals surface area contributed by atoms with Gasteiger partial charge in [-0.1, -0.05) is 6.07 Å². The number of carbonyl (C=O) groups is 2. The highest BCUT2D eigenvalue weighted by atomic mass is 19.1. The van der Waals surface area contributed by atoms with Gasteiger partial charge in [0.2, 0.25) is 0 Å². The van der Waals surface area contributed by atoms with E-state index in [1.54, 1.807) is 6.92 Å². The molecule has 0 saturated heterocycles. The van der Waals surface area contributed by atoms with Crippen LogP contribution in [0.4, 0.5) is 10.2 Å². The number of rotatable bonds is 3. The van der Waals surface area contributed by atoms with E-state index in [2.05, 4.69) is 5.10 Å². The summed E-state index contributed by atoms with van der Waals surface area (Å²) in [6.07, 6.45) is 1.14. The van der Waals surface area contributed by atoms with Crippen molar-refractivity contribution in [3.63, 3.8) is 0 Å². The number of ether oxygens (including phenoxy) is 1. The molecule has 0 aliphatic heterocycles. The summed E-state index contributed by atoms with van der Waals surface area (Å²) >= 11 is 0. The molecule has 0 unspecified atom stereocenters. The van der Waals surface area contributed by atoms with E-state index in [1.165, 1.54) is 18.2 Å². The summed E-state index contributed by atoms with van der Waals surface area (Å²) in [4.78, 5) is 23.7. The molecule has 2 N–H and O–H groups in total. The van der Waals surface area contributed by atoms with Crippen molar-refractivity contribution in [2.45, 2.75) is 6.92 Å². The predicted molar refractivity (Wildman–Crippen MR) is 68.7 cm³/mol. The second-order valence-corrected chi connectivity index (χ2v) is 3.89. The molecule has 2 rings (SSSR count). The fourth-order valence-corrected chi connectivity index (χ4v) is 1.63. The zero-order valence-corrected chi connectivity index (χ0v) is 10.7. The first-order valence-electron chi connectivity index (χ1n) is 5.85. The summed E-state index contributed by atoms with van der Waals surface area (Å²) in [6, 6.07) is 5.10. The molecular formula is C13H12FN3O3. The van der Waals surface area contributed by atoms with E-state index in [0.29, 0.717) is 0 Å². The second kappa shape index (κ2) is 5.52. The van der Waals surface area contributed by atoms with Crippen molar-refractivity contribution in [2.24, 2.45) is 0 Å². The van der Waals surface area contributed by atoms with Gasteiger partial charge in [-0.3, -0.25) is 4.79 Å². The van der Waals surface area contributed by atoms with Gasteiger partial charge in [0, 0.05) is 5.56 Å². The number of nitrogens with zero attached hydrogens (tertiary/aromatic N) is 2. The van der Waals surface area contributed by atoms with Crippen LogP contribution in [0.5, 0.6) is 0 Å². The SMILES string of the molecule is CCOC(=O)c1cnn(C(=O)c2cccc(F)c2)c1N. The standard InChI is InChI=1S/C13H12FN3O3/c1-2-20-13(19)10-7-16-17(11(10)15)12(18)8-4-3-5-9(14)6-8/h3-7H,2,15H2,1H3. The third-order valence-electron chi connectivity index (χ3n) is 2.57. The van der Waals surface area contributed by atoms with Crippen molar-refractivity contribution in [2.75, 3.05) is 12.3 Å². The monoisotopic (exact) mass is 277 g/mol. The fraction of sp³-hybridized carbons (Fsp3) is 0.154. The minimum absolute atomic E-state index is 0.00315. The van der Waals surface area contributed by atoms with Crippen molar-refractivity contribution >= 4 is 17.7 Å². The molecular weight excluding hydrogens is 265 g/mol. The molecule has 104 valence electrons. The molecule has 7 heteroatoms. The number of esters is 1. The number of nitrogens with two attached hydrogens (primary N) is 1. The maximum atomic E-state index is 13.1. The van der Waals surface area contributed by atoms with Gasteiger partial charge in [0.1, 0.15) is 17.2 Å². The molecule has 0 atom stereocenters. The van der Waals surface area contributed by atoms with Crippen LogP contribution >= 0.6 is 0 Å². The molecule has 0 radical (unpaired) electrons. The van der Waals surface area contributed by atoms with Crippen molar-refractivity contribution in [1.29, 1.82) is 0 Å². The fourth-order valence-electron chi connectivity index (χ4n) is 1.63. The highest BCUT2D eigenvalue weighted by Gasteiger charge is 2.20. The van der Waals surface area contributed by atoms with Crippen LogP contribution in [0.1, 0.15) is 27.6 Å². The van der Waals surface area contributed by atoms with Gasteiger partial charge in [-0.05, 0) is 25.1 Å². The first kappa shape index (κ1) is 13.7. The van der Waals surface area contributed by atoms with Crippen LogP contribution in [0.2, 0.25) is 0 Å². The quantitative estimate of drug-likeness (QED) is 0.858. The Labute approximate surface area is 113 Å². The second-order valence-electron chi connectivity index (χ2n) is 3.89. The topological polar surface area (TPSA) is 87.2 Å². The predicted octanol–water partition coefficient (Wildman–Crippen LogP) is 1.47. The molecule has 0 fully saturated rings. The number of nitrogen functional groups attached to an aromatic ring is 1. The highest BCUT2D eigenvalue weighted by Crippen LogP contribution is 2.15. The third-order valence-corrected chi connectivity index (χ3v) is 2.57. The Morgan fingerprint density at radius 1 is 1.45 bits per heavy atom. The summed E-state index contributed by atoms with van der Waals surface area (Å²) in [6.45, 7) is 1.83. The summed E-state index contributed by atoms with van der Waals surface area (Å²) in [5.41, 5.74) is 5.77. The molecule has 0 spiro atoms. The lowest BCUT2D eigenvalue weighted by molar-refractivity contribution is 0.0527. The van der Waals surface area contributed by atoms with E-state index in [9.17, 15) is 14.0 Å². The van der Waals surface area contributed by atoms with Crippen LogP contribution in [0.15, 0.2) is 30.5 Å². The highest BCUT2D eigenvalue weighted by molar-refractivity contribution is 6.01. The largest absolute Gasteiger partial charge is 0.462 e. The average molecular weight is 277 g/mol. The van der Waals surface area contributed by atoms with Crippen LogP contribution < -0.4 is 5.73 Å². The van der Waals surface area contributed by atoms with Crippen LogP contribution in [-0.4, -0.2) is 28.3 Å². The van der Waals surface area contributed by atoms with Gasteiger partial charge in [0.05, 0.1) is 12.8 Å². The normalized spacial score (nSPS) is 10.3. The van der Waals surface area contributed by atoms with Crippen LogP contribution in [0.3, 0.4) is 0 Å². The van der Waals surface area contributed by atoms with Gasteiger partial charge in [0.25, 0.3) is 5.91 Å². The first-order chi connectivity index (χ1) is 9.54. The Bertz CT molecular complexity index is 667. The lowest BCUT2D eigenvalue weighted by Gasteiger charge is -2.04. The zero-order chi connectivity index (χ0) is 14.7.